The van der Waals surface area contributed by atoms with Gasteiger partial charge >= 0.3 is 0 Å². The third kappa shape index (κ3) is 3.03. The van der Waals surface area contributed by atoms with E-state index in [1.807, 2.05) is 4.90 Å². The molecule has 1 saturated heterocycles. The Morgan fingerprint density at radius 2 is 2.32 bits per heavy atom. The molecule has 5 nitrogen and oxygen atoms in total. The average molecular weight is 333 g/mol. The van der Waals surface area contributed by atoms with Crippen LogP contribution in [0.3, 0.4) is 0 Å². The zero-order valence-corrected chi connectivity index (χ0v) is 11.8. The molecule has 104 valence electrons. The van der Waals surface area contributed by atoms with Crippen LogP contribution in [0.4, 0.5) is 15.8 Å². The lowest BCUT2D eigenvalue weighted by molar-refractivity contribution is -0.384. The van der Waals surface area contributed by atoms with Crippen molar-refractivity contribution in [3.05, 3.63) is 32.5 Å². The molecule has 0 aliphatic carbocycles. The fraction of sp³-hybridized carbons (Fsp3) is 0.500. The SMILES string of the molecule is O=[N+]([O-])c1cc(F)c(Br)cc1N1CCCC(CO)C1. The summed E-state index contributed by atoms with van der Waals surface area (Å²) in [7, 11) is 0. The van der Waals surface area contributed by atoms with Crippen LogP contribution in [0.5, 0.6) is 0 Å². The van der Waals surface area contributed by atoms with E-state index in [1.54, 1.807) is 0 Å². The molecule has 1 unspecified atom stereocenters. The summed E-state index contributed by atoms with van der Waals surface area (Å²) >= 11 is 3.05. The predicted molar refractivity (Wildman–Crippen MR) is 72.8 cm³/mol. The number of piperidine rings is 1. The Balaban J connectivity index is 2.37. The van der Waals surface area contributed by atoms with Crippen LogP contribution in [-0.4, -0.2) is 29.7 Å². The summed E-state index contributed by atoms with van der Waals surface area (Å²) in [4.78, 5) is 12.3. The first-order valence-electron chi connectivity index (χ1n) is 6.02. The molecule has 7 heteroatoms. The fourth-order valence-corrected chi connectivity index (χ4v) is 2.69. The summed E-state index contributed by atoms with van der Waals surface area (Å²) in [5.41, 5.74) is 0.163. The van der Waals surface area contributed by atoms with E-state index in [2.05, 4.69) is 15.9 Å². The number of aliphatic hydroxyl groups is 1. The molecule has 1 aromatic carbocycles. The van der Waals surface area contributed by atoms with Crippen LogP contribution < -0.4 is 4.90 Å². The van der Waals surface area contributed by atoms with Crippen molar-refractivity contribution in [1.82, 2.24) is 0 Å². The predicted octanol–water partition coefficient (Wildman–Crippen LogP) is 2.71. The number of rotatable bonds is 3. The summed E-state index contributed by atoms with van der Waals surface area (Å²) in [6.45, 7) is 1.29. The topological polar surface area (TPSA) is 66.6 Å². The first kappa shape index (κ1) is 14.2. The molecule has 1 fully saturated rings. The number of nitro benzene ring substituents is 1. The van der Waals surface area contributed by atoms with Crippen molar-refractivity contribution in [3.8, 4) is 0 Å². The summed E-state index contributed by atoms with van der Waals surface area (Å²) in [5, 5.41) is 20.2. The number of benzene rings is 1. The maximum Gasteiger partial charge on any atom is 0.295 e. The van der Waals surface area contributed by atoms with E-state index in [4.69, 9.17) is 0 Å². The van der Waals surface area contributed by atoms with Crippen molar-refractivity contribution in [1.29, 1.82) is 0 Å². The van der Waals surface area contributed by atoms with Gasteiger partial charge in [-0.25, -0.2) is 4.39 Å². The van der Waals surface area contributed by atoms with Gasteiger partial charge in [-0.1, -0.05) is 0 Å². The van der Waals surface area contributed by atoms with Crippen LogP contribution in [0.25, 0.3) is 0 Å². The average Bonchev–Trinajstić information content (AvgIpc) is 2.41. The van der Waals surface area contributed by atoms with Crippen molar-refractivity contribution < 1.29 is 14.4 Å². The smallest absolute Gasteiger partial charge is 0.295 e. The molecular formula is C12H14BrFN2O3. The Kier molecular flexibility index (Phi) is 4.36. The van der Waals surface area contributed by atoms with Crippen LogP contribution in [-0.2, 0) is 0 Å². The van der Waals surface area contributed by atoms with Crippen LogP contribution in [0, 0.1) is 21.8 Å². The Morgan fingerprint density at radius 3 is 2.95 bits per heavy atom. The maximum absolute atomic E-state index is 13.4. The van der Waals surface area contributed by atoms with E-state index in [1.165, 1.54) is 6.07 Å². The molecule has 1 aromatic rings. The van der Waals surface area contributed by atoms with E-state index < -0.39 is 10.7 Å². The second-order valence-corrected chi connectivity index (χ2v) is 5.50. The quantitative estimate of drug-likeness (QED) is 0.682. The minimum absolute atomic E-state index is 0.0622. The van der Waals surface area contributed by atoms with Gasteiger partial charge in [0.1, 0.15) is 11.5 Å². The van der Waals surface area contributed by atoms with Gasteiger partial charge < -0.3 is 10.0 Å². The highest BCUT2D eigenvalue weighted by Gasteiger charge is 2.26. The van der Waals surface area contributed by atoms with Crippen molar-refractivity contribution >= 4 is 27.3 Å². The van der Waals surface area contributed by atoms with Gasteiger partial charge in [0, 0.05) is 19.7 Å². The fourth-order valence-electron chi connectivity index (χ4n) is 2.36. The third-order valence-corrected chi connectivity index (χ3v) is 3.94. The highest BCUT2D eigenvalue weighted by Crippen LogP contribution is 2.35. The standard InChI is InChI=1S/C12H14BrFN2O3/c13-9-4-11(12(16(18)19)5-10(9)14)15-3-1-2-8(6-15)7-17/h4-5,8,17H,1-3,6-7H2. The zero-order valence-electron chi connectivity index (χ0n) is 10.2. The molecule has 1 heterocycles. The Hall–Kier alpha value is -1.21. The minimum atomic E-state index is -0.647. The van der Waals surface area contributed by atoms with E-state index >= 15 is 0 Å². The van der Waals surface area contributed by atoms with Gasteiger partial charge in [-0.2, -0.15) is 0 Å². The summed E-state index contributed by atoms with van der Waals surface area (Å²) in [6.07, 6.45) is 1.76. The molecule has 0 saturated carbocycles. The minimum Gasteiger partial charge on any atom is -0.396 e. The van der Waals surface area contributed by atoms with Gasteiger partial charge in [-0.05, 0) is 40.8 Å². The van der Waals surface area contributed by atoms with E-state index in [0.29, 0.717) is 18.8 Å². The second-order valence-electron chi connectivity index (χ2n) is 4.65. The lowest BCUT2D eigenvalue weighted by Crippen LogP contribution is -2.37. The van der Waals surface area contributed by atoms with Crippen LogP contribution in [0.1, 0.15) is 12.8 Å². The van der Waals surface area contributed by atoms with Crippen molar-refractivity contribution in [2.24, 2.45) is 5.92 Å². The largest absolute Gasteiger partial charge is 0.396 e. The molecular weight excluding hydrogens is 319 g/mol. The Bertz CT molecular complexity index is 498. The van der Waals surface area contributed by atoms with E-state index in [-0.39, 0.29) is 22.7 Å². The van der Waals surface area contributed by atoms with Crippen molar-refractivity contribution in [2.75, 3.05) is 24.6 Å². The Morgan fingerprint density at radius 1 is 1.58 bits per heavy atom. The molecule has 0 radical (unpaired) electrons. The van der Waals surface area contributed by atoms with Gasteiger partial charge in [0.25, 0.3) is 5.69 Å². The number of hydrogen-bond acceptors (Lipinski definition) is 4. The van der Waals surface area contributed by atoms with Gasteiger partial charge in [0.2, 0.25) is 0 Å². The first-order valence-corrected chi connectivity index (χ1v) is 6.81. The van der Waals surface area contributed by atoms with E-state index in [0.717, 1.165) is 18.9 Å². The van der Waals surface area contributed by atoms with Crippen LogP contribution >= 0.6 is 15.9 Å². The van der Waals surface area contributed by atoms with Crippen molar-refractivity contribution in [3.63, 3.8) is 0 Å². The molecule has 1 aliphatic heterocycles. The zero-order chi connectivity index (χ0) is 14.0. The normalized spacial score (nSPS) is 19.5. The lowest BCUT2D eigenvalue weighted by Gasteiger charge is -2.33. The molecule has 0 spiro atoms. The highest BCUT2D eigenvalue weighted by molar-refractivity contribution is 9.10. The molecule has 1 aliphatic rings. The van der Waals surface area contributed by atoms with E-state index in [9.17, 15) is 19.6 Å². The van der Waals surface area contributed by atoms with Crippen molar-refractivity contribution in [2.45, 2.75) is 12.8 Å². The van der Waals surface area contributed by atoms with Gasteiger partial charge in [-0.15, -0.1) is 0 Å². The van der Waals surface area contributed by atoms with Gasteiger partial charge in [-0.3, -0.25) is 10.1 Å². The van der Waals surface area contributed by atoms with Crippen LogP contribution in [0.15, 0.2) is 16.6 Å². The van der Waals surface area contributed by atoms with Gasteiger partial charge in [0.05, 0.1) is 15.5 Å². The number of aliphatic hydroxyl groups excluding tert-OH is 1. The lowest BCUT2D eigenvalue weighted by atomic mass is 9.98. The highest BCUT2D eigenvalue weighted by atomic mass is 79.9. The molecule has 0 aromatic heterocycles. The van der Waals surface area contributed by atoms with Gasteiger partial charge in [0.15, 0.2) is 0 Å². The summed E-state index contributed by atoms with van der Waals surface area (Å²) < 4.78 is 13.6. The Labute approximate surface area is 118 Å². The molecule has 0 bridgehead atoms. The summed E-state index contributed by atoms with van der Waals surface area (Å²) in [5.74, 6) is -0.539. The molecule has 19 heavy (non-hydrogen) atoms. The summed E-state index contributed by atoms with van der Waals surface area (Å²) in [6, 6.07) is 2.37. The third-order valence-electron chi connectivity index (χ3n) is 3.33. The molecule has 1 N–H and O–H groups in total. The molecule has 2 rings (SSSR count). The number of hydrogen-bond donors (Lipinski definition) is 1. The number of anilines is 1. The number of nitro groups is 1. The van der Waals surface area contributed by atoms with Crippen LogP contribution in [0.2, 0.25) is 0 Å². The maximum atomic E-state index is 13.4. The molecule has 1 atom stereocenters. The number of nitrogens with zero attached hydrogens (tertiary/aromatic N) is 2. The second kappa shape index (κ2) is 5.83. The number of halogens is 2. The first-order chi connectivity index (χ1) is 9.02. The molecule has 0 amide bonds. The monoisotopic (exact) mass is 332 g/mol.